The third-order valence-electron chi connectivity index (χ3n) is 3.58. The minimum absolute atomic E-state index is 0.0836. The highest BCUT2D eigenvalue weighted by Crippen LogP contribution is 2.34. The van der Waals surface area contributed by atoms with Crippen LogP contribution in [0, 0.1) is 5.41 Å². The Hall–Kier alpha value is -1.83. The van der Waals surface area contributed by atoms with Crippen LogP contribution in [0.1, 0.15) is 32.3 Å². The van der Waals surface area contributed by atoms with E-state index >= 15 is 0 Å². The van der Waals surface area contributed by atoms with E-state index < -0.39 is 0 Å². The van der Waals surface area contributed by atoms with Gasteiger partial charge in [0.1, 0.15) is 0 Å². The second-order valence-corrected chi connectivity index (χ2v) is 6.52. The summed E-state index contributed by atoms with van der Waals surface area (Å²) >= 11 is 0. The molecule has 2 heteroatoms. The lowest BCUT2D eigenvalue weighted by Gasteiger charge is -2.27. The maximum Gasteiger partial charge on any atom is 0.156 e. The molecule has 0 spiro atoms. The second kappa shape index (κ2) is 5.66. The number of rotatable bonds is 3. The zero-order valence-corrected chi connectivity index (χ0v) is 12.8. The quantitative estimate of drug-likeness (QED) is 0.824. The maximum atomic E-state index is 11.7. The Bertz CT molecular complexity index is 547. The summed E-state index contributed by atoms with van der Waals surface area (Å²) in [5.41, 5.74) is 3.56. The first-order chi connectivity index (χ1) is 9.35. The van der Waals surface area contributed by atoms with Gasteiger partial charge in [0.15, 0.2) is 5.78 Å². The van der Waals surface area contributed by atoms with Crippen molar-refractivity contribution in [1.82, 2.24) is 0 Å². The first kappa shape index (κ1) is 14.6. The number of carbonyl (C=O) groups is 1. The molecular weight excluding hydrogens is 246 g/mol. The van der Waals surface area contributed by atoms with Crippen molar-refractivity contribution in [3.05, 3.63) is 47.6 Å². The van der Waals surface area contributed by atoms with Gasteiger partial charge in [-0.1, -0.05) is 38.1 Å². The minimum atomic E-state index is 0.0836. The third-order valence-corrected chi connectivity index (χ3v) is 3.58. The van der Waals surface area contributed by atoms with Crippen LogP contribution >= 0.6 is 0 Å². The molecule has 2 rings (SSSR count). The first-order valence-electron chi connectivity index (χ1n) is 7.05. The monoisotopic (exact) mass is 269 g/mol. The molecule has 0 fully saturated rings. The molecule has 1 aliphatic rings. The Kier molecular flexibility index (Phi) is 4.12. The Morgan fingerprint density at radius 2 is 1.70 bits per heavy atom. The molecule has 0 unspecified atom stereocenters. The fourth-order valence-corrected chi connectivity index (χ4v) is 2.59. The number of hydrogen-bond donors (Lipinski definition) is 0. The van der Waals surface area contributed by atoms with E-state index in [4.69, 9.17) is 0 Å². The molecule has 0 N–H and O–H groups in total. The van der Waals surface area contributed by atoms with Crippen LogP contribution in [-0.2, 0) is 4.79 Å². The number of anilines is 1. The Labute approximate surface area is 121 Å². The fraction of sp³-hybridized carbons (Fsp3) is 0.389. The van der Waals surface area contributed by atoms with Gasteiger partial charge in [0, 0.05) is 26.2 Å². The summed E-state index contributed by atoms with van der Waals surface area (Å²) in [6.45, 7) is 4.30. The predicted molar refractivity (Wildman–Crippen MR) is 85.9 cm³/mol. The standard InChI is InChI=1S/C18H23NO/c1-18(2)12-15(11-17(20)13-18)6-5-14-7-9-16(10-8-14)19(3)4/h5-11H,12-13H2,1-4H3/b6-5-. The van der Waals surface area contributed by atoms with Crippen molar-refractivity contribution < 1.29 is 4.79 Å². The molecule has 0 saturated heterocycles. The zero-order chi connectivity index (χ0) is 14.8. The SMILES string of the molecule is CN(C)c1ccc(/C=C\C2=CC(=O)CC(C)(C)C2)cc1. The number of hydrogen-bond acceptors (Lipinski definition) is 2. The van der Waals surface area contributed by atoms with Gasteiger partial charge in [-0.3, -0.25) is 4.79 Å². The van der Waals surface area contributed by atoms with E-state index in [1.807, 2.05) is 14.1 Å². The van der Waals surface area contributed by atoms with Crippen LogP contribution in [0.3, 0.4) is 0 Å². The maximum absolute atomic E-state index is 11.7. The second-order valence-electron chi connectivity index (χ2n) is 6.52. The lowest BCUT2D eigenvalue weighted by molar-refractivity contribution is -0.116. The zero-order valence-electron chi connectivity index (χ0n) is 12.8. The number of allylic oxidation sites excluding steroid dienone is 3. The lowest BCUT2D eigenvalue weighted by Crippen LogP contribution is -2.21. The number of nitrogens with zero attached hydrogens (tertiary/aromatic N) is 1. The topological polar surface area (TPSA) is 20.3 Å². The molecule has 0 aromatic heterocycles. The smallest absolute Gasteiger partial charge is 0.156 e. The van der Waals surface area contributed by atoms with Crippen LogP contribution in [0.4, 0.5) is 5.69 Å². The Morgan fingerprint density at radius 3 is 2.25 bits per heavy atom. The molecular formula is C18H23NO. The molecule has 20 heavy (non-hydrogen) atoms. The highest BCUT2D eigenvalue weighted by Gasteiger charge is 2.26. The predicted octanol–water partition coefficient (Wildman–Crippen LogP) is 4.08. The van der Waals surface area contributed by atoms with Crippen molar-refractivity contribution in [3.63, 3.8) is 0 Å². The summed E-state index contributed by atoms with van der Waals surface area (Å²) in [7, 11) is 4.07. The Balaban J connectivity index is 2.11. The average Bonchev–Trinajstić information content (AvgIpc) is 2.34. The summed E-state index contributed by atoms with van der Waals surface area (Å²) in [6, 6.07) is 8.40. The van der Waals surface area contributed by atoms with E-state index in [0.29, 0.717) is 6.42 Å². The van der Waals surface area contributed by atoms with Crippen molar-refractivity contribution >= 4 is 17.5 Å². The molecule has 2 nitrogen and oxygen atoms in total. The summed E-state index contributed by atoms with van der Waals surface area (Å²) < 4.78 is 0. The summed E-state index contributed by atoms with van der Waals surface area (Å²) in [4.78, 5) is 13.8. The molecule has 1 aromatic carbocycles. The molecule has 106 valence electrons. The van der Waals surface area contributed by atoms with Gasteiger partial charge in [-0.25, -0.2) is 0 Å². The number of carbonyl (C=O) groups excluding carboxylic acids is 1. The van der Waals surface area contributed by atoms with Gasteiger partial charge in [0.2, 0.25) is 0 Å². The molecule has 1 aromatic rings. The molecule has 0 radical (unpaired) electrons. The van der Waals surface area contributed by atoms with Gasteiger partial charge in [-0.05, 0) is 41.2 Å². The van der Waals surface area contributed by atoms with Gasteiger partial charge < -0.3 is 4.90 Å². The summed E-state index contributed by atoms with van der Waals surface area (Å²) in [5.74, 6) is 0.240. The van der Waals surface area contributed by atoms with Gasteiger partial charge in [0.05, 0.1) is 0 Å². The fourth-order valence-electron chi connectivity index (χ4n) is 2.59. The molecule has 0 atom stereocenters. The van der Waals surface area contributed by atoms with E-state index in [9.17, 15) is 4.79 Å². The highest BCUT2D eigenvalue weighted by atomic mass is 16.1. The van der Waals surface area contributed by atoms with Gasteiger partial charge in [0.25, 0.3) is 0 Å². The molecule has 0 saturated carbocycles. The van der Waals surface area contributed by atoms with Crippen LogP contribution in [0.15, 0.2) is 42.0 Å². The number of ketones is 1. The van der Waals surface area contributed by atoms with Crippen molar-refractivity contribution in [2.24, 2.45) is 5.41 Å². The largest absolute Gasteiger partial charge is 0.378 e. The highest BCUT2D eigenvalue weighted by molar-refractivity contribution is 5.92. The molecule has 0 aliphatic heterocycles. The van der Waals surface area contributed by atoms with E-state index in [1.54, 1.807) is 6.08 Å². The minimum Gasteiger partial charge on any atom is -0.378 e. The lowest BCUT2D eigenvalue weighted by atomic mass is 9.77. The van der Waals surface area contributed by atoms with Crippen LogP contribution in [-0.4, -0.2) is 19.9 Å². The Morgan fingerprint density at radius 1 is 1.05 bits per heavy atom. The molecule has 0 heterocycles. The van der Waals surface area contributed by atoms with Gasteiger partial charge in [-0.15, -0.1) is 0 Å². The van der Waals surface area contributed by atoms with Gasteiger partial charge >= 0.3 is 0 Å². The van der Waals surface area contributed by atoms with E-state index in [2.05, 4.69) is 55.2 Å². The van der Waals surface area contributed by atoms with E-state index in [-0.39, 0.29) is 11.2 Å². The third kappa shape index (κ3) is 3.83. The first-order valence-corrected chi connectivity index (χ1v) is 7.05. The van der Waals surface area contributed by atoms with E-state index in [1.165, 1.54) is 5.69 Å². The average molecular weight is 269 g/mol. The van der Waals surface area contributed by atoms with Crippen molar-refractivity contribution in [1.29, 1.82) is 0 Å². The summed E-state index contributed by atoms with van der Waals surface area (Å²) in [6.07, 6.45) is 7.56. The normalized spacial score (nSPS) is 18.2. The van der Waals surface area contributed by atoms with Gasteiger partial charge in [-0.2, -0.15) is 0 Å². The molecule has 0 bridgehead atoms. The van der Waals surface area contributed by atoms with Crippen molar-refractivity contribution in [2.45, 2.75) is 26.7 Å². The van der Waals surface area contributed by atoms with Crippen LogP contribution < -0.4 is 4.90 Å². The summed E-state index contributed by atoms with van der Waals surface area (Å²) in [5, 5.41) is 0. The van der Waals surface area contributed by atoms with E-state index in [0.717, 1.165) is 17.6 Å². The van der Waals surface area contributed by atoms with Crippen LogP contribution in [0.25, 0.3) is 6.08 Å². The van der Waals surface area contributed by atoms with Crippen LogP contribution in [0.5, 0.6) is 0 Å². The van der Waals surface area contributed by atoms with Crippen molar-refractivity contribution in [3.8, 4) is 0 Å². The molecule has 0 amide bonds. The number of benzene rings is 1. The van der Waals surface area contributed by atoms with Crippen molar-refractivity contribution in [2.75, 3.05) is 19.0 Å². The molecule has 1 aliphatic carbocycles. The van der Waals surface area contributed by atoms with Crippen LogP contribution in [0.2, 0.25) is 0 Å².